The fourth-order valence-corrected chi connectivity index (χ4v) is 4.93. The molecule has 1 aliphatic carbocycles. The molecule has 172 valence electrons. The highest BCUT2D eigenvalue weighted by atomic mass is 35.5. The summed E-state index contributed by atoms with van der Waals surface area (Å²) in [5.41, 5.74) is 1.33. The summed E-state index contributed by atoms with van der Waals surface area (Å²) in [6.07, 6.45) is 4.11. The molecule has 1 aliphatic rings. The molecular weight excluding hydrogens is 470 g/mol. The summed E-state index contributed by atoms with van der Waals surface area (Å²) in [4.78, 5) is 27.4. The van der Waals surface area contributed by atoms with Crippen molar-refractivity contribution >= 4 is 46.8 Å². The summed E-state index contributed by atoms with van der Waals surface area (Å²) in [5.74, 6) is -0.0743. The van der Waals surface area contributed by atoms with Crippen LogP contribution in [-0.4, -0.2) is 34.6 Å². The van der Waals surface area contributed by atoms with E-state index in [1.807, 2.05) is 6.07 Å². The maximum absolute atomic E-state index is 14.3. The minimum Gasteiger partial charge on any atom is -0.352 e. The first kappa shape index (κ1) is 24.9. The maximum Gasteiger partial charge on any atom is 0.242 e. The lowest BCUT2D eigenvalue weighted by atomic mass is 10.1. The smallest absolute Gasteiger partial charge is 0.242 e. The number of thioether (sulfide) groups is 1. The highest BCUT2D eigenvalue weighted by Crippen LogP contribution is 2.25. The Morgan fingerprint density at radius 3 is 2.56 bits per heavy atom. The lowest BCUT2D eigenvalue weighted by Gasteiger charge is -2.29. The van der Waals surface area contributed by atoms with Crippen molar-refractivity contribution in [2.75, 3.05) is 5.75 Å². The number of nitrogens with one attached hydrogen (secondary N) is 1. The fraction of sp³-hybridized carbons (Fsp3) is 0.417. The number of carbonyl (C=O) groups is 2. The van der Waals surface area contributed by atoms with E-state index in [0.29, 0.717) is 21.4 Å². The van der Waals surface area contributed by atoms with Gasteiger partial charge in [-0.2, -0.15) is 0 Å². The predicted molar refractivity (Wildman–Crippen MR) is 129 cm³/mol. The van der Waals surface area contributed by atoms with E-state index in [1.165, 1.54) is 22.7 Å². The van der Waals surface area contributed by atoms with E-state index in [1.54, 1.807) is 37.3 Å². The Morgan fingerprint density at radius 1 is 1.16 bits per heavy atom. The molecule has 0 unspecified atom stereocenters. The average Bonchev–Trinajstić information content (AvgIpc) is 3.28. The summed E-state index contributed by atoms with van der Waals surface area (Å²) in [6, 6.07) is 11.1. The van der Waals surface area contributed by atoms with Crippen LogP contribution >= 0.6 is 35.0 Å². The molecule has 0 saturated heterocycles. The highest BCUT2D eigenvalue weighted by Gasteiger charge is 2.28. The number of amides is 2. The lowest BCUT2D eigenvalue weighted by molar-refractivity contribution is -0.139. The number of halogens is 3. The van der Waals surface area contributed by atoms with E-state index in [-0.39, 0.29) is 30.2 Å². The molecule has 0 bridgehead atoms. The SMILES string of the molecule is C[C@H](C(=O)NC1CCCC1)N(Cc1ccccc1F)C(=O)CSCc1ccc(Cl)c(Cl)c1. The third-order valence-corrected chi connectivity index (χ3v) is 7.37. The molecule has 0 heterocycles. The van der Waals surface area contributed by atoms with E-state index >= 15 is 0 Å². The van der Waals surface area contributed by atoms with Crippen LogP contribution in [-0.2, 0) is 21.9 Å². The molecule has 1 saturated carbocycles. The van der Waals surface area contributed by atoms with Crippen molar-refractivity contribution in [2.45, 2.75) is 57.0 Å². The van der Waals surface area contributed by atoms with Crippen LogP contribution in [0.3, 0.4) is 0 Å². The summed E-state index contributed by atoms with van der Waals surface area (Å²) < 4.78 is 14.3. The zero-order chi connectivity index (χ0) is 23.1. The Kier molecular flexibility index (Phi) is 9.26. The first-order valence-corrected chi connectivity index (χ1v) is 12.6. The molecule has 0 radical (unpaired) electrons. The lowest BCUT2D eigenvalue weighted by Crippen LogP contribution is -2.50. The monoisotopic (exact) mass is 496 g/mol. The van der Waals surface area contributed by atoms with Crippen LogP contribution in [0.1, 0.15) is 43.7 Å². The van der Waals surface area contributed by atoms with Gasteiger partial charge in [0.25, 0.3) is 0 Å². The molecule has 1 fully saturated rings. The quantitative estimate of drug-likeness (QED) is 0.474. The molecule has 2 aromatic carbocycles. The molecule has 1 N–H and O–H groups in total. The maximum atomic E-state index is 14.3. The van der Waals surface area contributed by atoms with E-state index in [0.717, 1.165) is 31.2 Å². The van der Waals surface area contributed by atoms with Crippen LogP contribution in [0.25, 0.3) is 0 Å². The van der Waals surface area contributed by atoms with Gasteiger partial charge in [0, 0.05) is 23.9 Å². The van der Waals surface area contributed by atoms with Crippen molar-refractivity contribution in [3.05, 3.63) is 69.5 Å². The third kappa shape index (κ3) is 6.87. The van der Waals surface area contributed by atoms with Crippen molar-refractivity contribution in [1.29, 1.82) is 0 Å². The first-order chi connectivity index (χ1) is 15.3. The minimum atomic E-state index is -0.701. The molecule has 2 aromatic rings. The Balaban J connectivity index is 1.66. The zero-order valence-electron chi connectivity index (χ0n) is 18.0. The molecule has 4 nitrogen and oxygen atoms in total. The zero-order valence-corrected chi connectivity index (χ0v) is 20.3. The molecule has 32 heavy (non-hydrogen) atoms. The van der Waals surface area contributed by atoms with Gasteiger partial charge in [-0.15, -0.1) is 11.8 Å². The predicted octanol–water partition coefficient (Wildman–Crippen LogP) is 5.84. The molecule has 2 amide bonds. The second-order valence-corrected chi connectivity index (χ2v) is 9.82. The van der Waals surface area contributed by atoms with Crippen molar-refractivity contribution in [3.63, 3.8) is 0 Å². The minimum absolute atomic E-state index is 0.0398. The summed E-state index contributed by atoms with van der Waals surface area (Å²) >= 11 is 13.4. The van der Waals surface area contributed by atoms with E-state index in [2.05, 4.69) is 5.32 Å². The van der Waals surface area contributed by atoms with E-state index in [4.69, 9.17) is 23.2 Å². The van der Waals surface area contributed by atoms with Crippen molar-refractivity contribution in [1.82, 2.24) is 10.2 Å². The number of hydrogen-bond acceptors (Lipinski definition) is 3. The van der Waals surface area contributed by atoms with Gasteiger partial charge in [0.2, 0.25) is 11.8 Å². The summed E-state index contributed by atoms with van der Waals surface area (Å²) in [6.45, 7) is 1.74. The Hall–Kier alpha value is -1.76. The van der Waals surface area contributed by atoms with Gasteiger partial charge in [-0.3, -0.25) is 9.59 Å². The Bertz CT molecular complexity index is 953. The van der Waals surface area contributed by atoms with Crippen molar-refractivity contribution in [3.8, 4) is 0 Å². The largest absolute Gasteiger partial charge is 0.352 e. The Labute approximate surface area is 202 Å². The van der Waals surface area contributed by atoms with Gasteiger partial charge in [-0.25, -0.2) is 4.39 Å². The van der Waals surface area contributed by atoms with Crippen LogP contribution in [0.5, 0.6) is 0 Å². The van der Waals surface area contributed by atoms with E-state index < -0.39 is 11.9 Å². The van der Waals surface area contributed by atoms with Gasteiger partial charge in [0.1, 0.15) is 11.9 Å². The topological polar surface area (TPSA) is 49.4 Å². The first-order valence-electron chi connectivity index (χ1n) is 10.7. The van der Waals surface area contributed by atoms with Crippen LogP contribution in [0, 0.1) is 5.82 Å². The molecule has 0 spiro atoms. The van der Waals surface area contributed by atoms with Gasteiger partial charge < -0.3 is 10.2 Å². The molecule has 3 rings (SSSR count). The fourth-order valence-electron chi connectivity index (χ4n) is 3.75. The summed E-state index contributed by atoms with van der Waals surface area (Å²) in [7, 11) is 0. The highest BCUT2D eigenvalue weighted by molar-refractivity contribution is 7.99. The number of benzene rings is 2. The molecular formula is C24H27Cl2FN2O2S. The number of hydrogen-bond donors (Lipinski definition) is 1. The second-order valence-electron chi connectivity index (χ2n) is 8.02. The van der Waals surface area contributed by atoms with Crippen LogP contribution in [0.4, 0.5) is 4.39 Å². The van der Waals surface area contributed by atoms with Crippen molar-refractivity contribution in [2.24, 2.45) is 0 Å². The number of carbonyl (C=O) groups excluding carboxylic acids is 2. The molecule has 0 aliphatic heterocycles. The normalized spacial score (nSPS) is 14.9. The van der Waals surface area contributed by atoms with Gasteiger partial charge in [0.15, 0.2) is 0 Å². The molecule has 0 aromatic heterocycles. The van der Waals surface area contributed by atoms with Crippen LogP contribution in [0.15, 0.2) is 42.5 Å². The third-order valence-electron chi connectivity index (χ3n) is 5.65. The number of nitrogens with zero attached hydrogens (tertiary/aromatic N) is 1. The molecule has 1 atom stereocenters. The van der Waals surface area contributed by atoms with Gasteiger partial charge >= 0.3 is 0 Å². The van der Waals surface area contributed by atoms with Crippen LogP contribution in [0.2, 0.25) is 10.0 Å². The number of rotatable bonds is 9. The standard InChI is InChI=1S/C24H27Cl2FN2O2S/c1-16(24(31)28-19-7-3-4-8-19)29(13-18-6-2-5-9-22(18)27)23(30)15-32-14-17-10-11-20(25)21(26)12-17/h2,5-6,9-12,16,19H,3-4,7-8,13-15H2,1H3,(H,28,31)/t16-/m1/s1. The summed E-state index contributed by atoms with van der Waals surface area (Å²) in [5, 5.41) is 4.00. The van der Waals surface area contributed by atoms with E-state index in [9.17, 15) is 14.0 Å². The molecule has 8 heteroatoms. The van der Waals surface area contributed by atoms with Crippen molar-refractivity contribution < 1.29 is 14.0 Å². The second kappa shape index (κ2) is 11.9. The van der Waals surface area contributed by atoms with Gasteiger partial charge in [-0.05, 0) is 43.5 Å². The Morgan fingerprint density at radius 2 is 1.88 bits per heavy atom. The van der Waals surface area contributed by atoms with Gasteiger partial charge in [0.05, 0.1) is 15.8 Å². The van der Waals surface area contributed by atoms with Gasteiger partial charge in [-0.1, -0.05) is 60.3 Å². The van der Waals surface area contributed by atoms with Crippen LogP contribution < -0.4 is 5.32 Å². The average molecular weight is 497 g/mol.